The van der Waals surface area contributed by atoms with Crippen LogP contribution in [0.15, 0.2) is 54.7 Å². The molecular weight excluding hydrogens is 647 g/mol. The first-order chi connectivity index (χ1) is 24.2. The number of nitrogens with two attached hydrogens (primary N) is 1. The lowest BCUT2D eigenvalue weighted by molar-refractivity contribution is -0.0853. The van der Waals surface area contributed by atoms with Gasteiger partial charge < -0.3 is 29.9 Å². The molecule has 0 radical (unpaired) electrons. The summed E-state index contributed by atoms with van der Waals surface area (Å²) in [7, 11) is 1.53. The normalized spacial score (nSPS) is 18.4. The van der Waals surface area contributed by atoms with E-state index < -0.39 is 12.4 Å². The summed E-state index contributed by atoms with van der Waals surface area (Å²) in [5.74, 6) is 0.638. The fourth-order valence-electron chi connectivity index (χ4n) is 7.65. The van der Waals surface area contributed by atoms with Gasteiger partial charge in [-0.2, -0.15) is 0 Å². The highest BCUT2D eigenvalue weighted by Gasteiger charge is 2.32. The Morgan fingerprint density at radius 2 is 1.67 bits per heavy atom. The minimum atomic E-state index is -0.832. The number of halogens is 1. The average molecular weight is 703 g/mol. The van der Waals surface area contributed by atoms with E-state index in [0.29, 0.717) is 26.1 Å². The van der Waals surface area contributed by atoms with Crippen LogP contribution >= 0.6 is 0 Å². The van der Waals surface area contributed by atoms with Gasteiger partial charge >= 0.3 is 6.09 Å². The zero-order chi connectivity index (χ0) is 36.9. The zero-order valence-electron chi connectivity index (χ0n) is 31.3. The van der Waals surface area contributed by atoms with Crippen molar-refractivity contribution in [3.05, 3.63) is 88.4 Å². The molecule has 2 unspecified atom stereocenters. The van der Waals surface area contributed by atoms with Crippen molar-refractivity contribution in [3.8, 4) is 0 Å². The van der Waals surface area contributed by atoms with Gasteiger partial charge in [-0.3, -0.25) is 9.69 Å². The minimum Gasteiger partial charge on any atom is -0.420 e. The average Bonchev–Trinajstić information content (AvgIpc) is 3.09. The minimum absolute atomic E-state index is 0.0130. The highest BCUT2D eigenvalue weighted by Crippen LogP contribution is 2.43. The monoisotopic (exact) mass is 702 g/mol. The Kier molecular flexibility index (Phi) is 12.2. The van der Waals surface area contributed by atoms with Gasteiger partial charge in [0.1, 0.15) is 11.6 Å². The van der Waals surface area contributed by atoms with Gasteiger partial charge in [0.2, 0.25) is 6.29 Å². The predicted molar refractivity (Wildman–Crippen MR) is 200 cm³/mol. The van der Waals surface area contributed by atoms with E-state index in [-0.39, 0.29) is 29.1 Å². The van der Waals surface area contributed by atoms with E-state index in [9.17, 15) is 14.0 Å². The molecule has 2 aliphatic heterocycles. The number of pyridine rings is 1. The van der Waals surface area contributed by atoms with E-state index in [0.717, 1.165) is 56.1 Å². The second-order valence-electron chi connectivity index (χ2n) is 15.1. The van der Waals surface area contributed by atoms with E-state index in [1.807, 2.05) is 11.8 Å². The van der Waals surface area contributed by atoms with Crippen LogP contribution in [0.1, 0.15) is 79.1 Å². The van der Waals surface area contributed by atoms with Crippen LogP contribution < -0.4 is 15.5 Å². The smallest absolute Gasteiger partial charge is 0.406 e. The van der Waals surface area contributed by atoms with Crippen LogP contribution in [-0.4, -0.2) is 92.0 Å². The van der Waals surface area contributed by atoms with Gasteiger partial charge in [0.15, 0.2) is 0 Å². The molecule has 5 rings (SSSR count). The molecular formula is C40H55FN6O4. The predicted octanol–water partition coefficient (Wildman–Crippen LogP) is 6.49. The Bertz CT molecular complexity index is 1650. The Morgan fingerprint density at radius 3 is 2.29 bits per heavy atom. The van der Waals surface area contributed by atoms with Crippen LogP contribution in [0, 0.1) is 25.1 Å². The van der Waals surface area contributed by atoms with Gasteiger partial charge in [0, 0.05) is 83.2 Å². The third-order valence-corrected chi connectivity index (χ3v) is 10.5. The second-order valence-corrected chi connectivity index (χ2v) is 15.1. The van der Waals surface area contributed by atoms with Crippen LogP contribution in [-0.2, 0) is 16.0 Å². The van der Waals surface area contributed by atoms with Crippen LogP contribution in [0.3, 0.4) is 0 Å². The maximum Gasteiger partial charge on any atom is 0.406 e. The molecule has 2 aromatic carbocycles. The second kappa shape index (κ2) is 16.4. The third-order valence-electron chi connectivity index (χ3n) is 10.5. The Morgan fingerprint density at radius 1 is 0.961 bits per heavy atom. The molecule has 0 spiro atoms. The number of aryl methyl sites for hydroxylation is 2. The maximum atomic E-state index is 14.0. The number of hydrogen-bond acceptors (Lipinski definition) is 8. The maximum absolute atomic E-state index is 14.0. The summed E-state index contributed by atoms with van der Waals surface area (Å²) in [5.41, 5.74) is 11.9. The van der Waals surface area contributed by atoms with E-state index in [4.69, 9.17) is 15.2 Å². The Hall–Kier alpha value is -4.22. The number of carbonyl (C=O) groups excluding carboxylic acids is 2. The quantitative estimate of drug-likeness (QED) is 0.226. The van der Waals surface area contributed by atoms with Crippen LogP contribution in [0.5, 0.6) is 0 Å². The number of ether oxygens (including phenoxy) is 2. The lowest BCUT2D eigenvalue weighted by Crippen LogP contribution is -2.54. The third kappa shape index (κ3) is 9.37. The fourth-order valence-corrected chi connectivity index (χ4v) is 7.65. The molecule has 3 aromatic rings. The number of benzene rings is 2. The lowest BCUT2D eigenvalue weighted by atomic mass is 9.73. The molecule has 2 amide bonds. The van der Waals surface area contributed by atoms with E-state index >= 15 is 0 Å². The summed E-state index contributed by atoms with van der Waals surface area (Å²) in [6.45, 7) is 19.2. The number of amides is 2. The molecule has 2 aliphatic rings. The zero-order valence-corrected chi connectivity index (χ0v) is 31.3. The SMILES string of the molecule is COC(CC[C@@H](c1ccccc1N1CCN(Cc2cc(C(=O)N3CCN(c4ccc(F)cn4)CC3C)c(C)cc2C)CC1)C(C)(C)C)OC(N)=O. The van der Waals surface area contributed by atoms with Gasteiger partial charge in [0.25, 0.3) is 5.91 Å². The highest BCUT2D eigenvalue weighted by atomic mass is 19.1. The number of hydrogen-bond donors (Lipinski definition) is 1. The molecule has 2 saturated heterocycles. The fraction of sp³-hybridized carbons (Fsp3) is 0.525. The molecule has 2 fully saturated rings. The van der Waals surface area contributed by atoms with E-state index in [1.54, 1.807) is 6.07 Å². The van der Waals surface area contributed by atoms with Crippen molar-refractivity contribution in [2.45, 2.75) is 79.2 Å². The van der Waals surface area contributed by atoms with Gasteiger partial charge in [-0.1, -0.05) is 45.0 Å². The lowest BCUT2D eigenvalue weighted by Gasteiger charge is -2.41. The number of rotatable bonds is 11. The molecule has 276 valence electrons. The van der Waals surface area contributed by atoms with Crippen molar-refractivity contribution < 1.29 is 23.5 Å². The summed E-state index contributed by atoms with van der Waals surface area (Å²) >= 11 is 0. The number of nitrogens with zero attached hydrogens (tertiary/aromatic N) is 5. The topological polar surface area (TPSA) is 104 Å². The van der Waals surface area contributed by atoms with Crippen molar-refractivity contribution in [3.63, 3.8) is 0 Å². The molecule has 0 saturated carbocycles. The van der Waals surface area contributed by atoms with E-state index in [1.165, 1.54) is 41.8 Å². The number of piperazine rings is 2. The molecule has 11 heteroatoms. The molecule has 51 heavy (non-hydrogen) atoms. The molecule has 1 aromatic heterocycles. The largest absolute Gasteiger partial charge is 0.420 e. The van der Waals surface area contributed by atoms with Crippen molar-refractivity contribution in [2.24, 2.45) is 11.1 Å². The Labute approximate surface area is 302 Å². The highest BCUT2D eigenvalue weighted by molar-refractivity contribution is 5.96. The number of methoxy groups -OCH3 is 1. The molecule has 0 bridgehead atoms. The van der Waals surface area contributed by atoms with Crippen LogP contribution in [0.25, 0.3) is 0 Å². The first-order valence-electron chi connectivity index (χ1n) is 18.1. The van der Waals surface area contributed by atoms with Gasteiger partial charge in [-0.15, -0.1) is 0 Å². The number of primary amides is 1. The summed E-state index contributed by atoms with van der Waals surface area (Å²) in [6.07, 6.45) is 1.05. The first-order valence-corrected chi connectivity index (χ1v) is 18.1. The van der Waals surface area contributed by atoms with E-state index in [2.05, 4.69) is 90.7 Å². The molecule has 0 aliphatic carbocycles. The van der Waals surface area contributed by atoms with Gasteiger partial charge in [0.05, 0.1) is 6.20 Å². The van der Waals surface area contributed by atoms with Crippen molar-refractivity contribution >= 4 is 23.5 Å². The summed E-state index contributed by atoms with van der Waals surface area (Å²) in [6, 6.07) is 16.0. The van der Waals surface area contributed by atoms with Gasteiger partial charge in [-0.25, -0.2) is 14.2 Å². The molecule has 10 nitrogen and oxygen atoms in total. The first kappa shape index (κ1) is 38.0. The van der Waals surface area contributed by atoms with Crippen LogP contribution in [0.2, 0.25) is 0 Å². The van der Waals surface area contributed by atoms with Crippen molar-refractivity contribution in [1.29, 1.82) is 0 Å². The molecule has 3 atom stereocenters. The summed E-state index contributed by atoms with van der Waals surface area (Å²) in [5, 5.41) is 0. The van der Waals surface area contributed by atoms with Crippen molar-refractivity contribution in [1.82, 2.24) is 14.8 Å². The number of para-hydroxylation sites is 1. The molecule has 3 heterocycles. The number of aromatic nitrogens is 1. The standard InChI is InChI=1S/C40H55FN6O4/c1-27-22-28(2)33(38(48)47-21-20-46(25-29(47)3)36-14-12-31(41)24-43-36)23-30(27)26-44-16-18-45(19-17-44)35-11-9-8-10-32(35)34(40(4,5)6)13-15-37(50-7)51-39(42)49/h8-12,14,22-24,29,34,37H,13,15-21,25-26H2,1-7H3,(H2,42,49)/t29?,34-,37?/m0/s1. The number of anilines is 2. The Balaban J connectivity index is 1.24. The van der Waals surface area contributed by atoms with Gasteiger partial charge in [-0.05, 0) is 85.0 Å². The summed E-state index contributed by atoms with van der Waals surface area (Å²) in [4.78, 5) is 38.6. The van der Waals surface area contributed by atoms with Crippen molar-refractivity contribution in [2.75, 3.05) is 62.7 Å². The summed E-state index contributed by atoms with van der Waals surface area (Å²) < 4.78 is 24.0. The number of carbonyl (C=O) groups is 2. The van der Waals surface area contributed by atoms with Crippen LogP contribution in [0.4, 0.5) is 20.7 Å². The molecule has 2 N–H and O–H groups in total.